The minimum atomic E-state index is -1.08. The third kappa shape index (κ3) is 2.98. The Kier molecular flexibility index (Phi) is 3.76. The van der Waals surface area contributed by atoms with Crippen molar-refractivity contribution in [3.8, 4) is 0 Å². The Balaban J connectivity index is 1.81. The molecule has 1 saturated heterocycles. The van der Waals surface area contributed by atoms with E-state index in [2.05, 4.69) is 0 Å². The number of nitrogens with zero attached hydrogens (tertiary/aromatic N) is 1. The summed E-state index contributed by atoms with van der Waals surface area (Å²) in [6, 6.07) is 19.7. The molecule has 3 heteroatoms. The normalized spacial score (nSPS) is 21.8. The molecule has 2 aromatic carbocycles. The minimum absolute atomic E-state index is 0.0253. The second-order valence-corrected chi connectivity index (χ2v) is 5.61. The van der Waals surface area contributed by atoms with Gasteiger partial charge in [0.2, 0.25) is 5.91 Å². The van der Waals surface area contributed by atoms with Gasteiger partial charge in [0.1, 0.15) is 5.72 Å². The highest BCUT2D eigenvalue weighted by molar-refractivity contribution is 5.79. The van der Waals surface area contributed by atoms with Crippen LogP contribution >= 0.6 is 0 Å². The summed E-state index contributed by atoms with van der Waals surface area (Å²) in [6.45, 7) is 0.461. The van der Waals surface area contributed by atoms with Crippen LogP contribution in [0.15, 0.2) is 60.7 Å². The molecule has 1 amide bonds. The van der Waals surface area contributed by atoms with Gasteiger partial charge in [0.05, 0.1) is 0 Å². The van der Waals surface area contributed by atoms with Gasteiger partial charge >= 0.3 is 0 Å². The average molecular weight is 281 g/mol. The van der Waals surface area contributed by atoms with Gasteiger partial charge in [-0.3, -0.25) is 4.79 Å². The van der Waals surface area contributed by atoms with Gasteiger partial charge in [-0.05, 0) is 11.1 Å². The van der Waals surface area contributed by atoms with Crippen molar-refractivity contribution in [2.24, 2.45) is 0 Å². The van der Waals surface area contributed by atoms with E-state index in [1.807, 2.05) is 60.7 Å². The van der Waals surface area contributed by atoms with Gasteiger partial charge in [-0.1, -0.05) is 60.7 Å². The van der Waals surface area contributed by atoms with Crippen molar-refractivity contribution in [3.63, 3.8) is 0 Å². The van der Waals surface area contributed by atoms with Crippen LogP contribution in [0.2, 0.25) is 0 Å². The fraction of sp³-hybridized carbons (Fsp3) is 0.278. The summed E-state index contributed by atoms with van der Waals surface area (Å²) in [7, 11) is 0. The molecule has 0 aliphatic carbocycles. The number of benzene rings is 2. The highest BCUT2D eigenvalue weighted by atomic mass is 16.3. The number of rotatable bonds is 4. The molecule has 1 aliphatic heterocycles. The third-order valence-electron chi connectivity index (χ3n) is 4.06. The highest BCUT2D eigenvalue weighted by Gasteiger charge is 2.43. The molecule has 1 heterocycles. The summed E-state index contributed by atoms with van der Waals surface area (Å²) in [5.41, 5.74) is 1.01. The Hall–Kier alpha value is -2.13. The van der Waals surface area contributed by atoms with E-state index in [1.54, 1.807) is 4.90 Å². The quantitative estimate of drug-likeness (QED) is 0.936. The molecular formula is C18H19NO2. The first-order chi connectivity index (χ1) is 10.2. The molecule has 1 unspecified atom stereocenters. The number of hydrogen-bond donors (Lipinski definition) is 1. The van der Waals surface area contributed by atoms with E-state index < -0.39 is 5.72 Å². The fourth-order valence-electron chi connectivity index (χ4n) is 2.92. The molecule has 0 radical (unpaired) electrons. The molecule has 3 nitrogen and oxygen atoms in total. The molecule has 0 spiro atoms. The zero-order valence-electron chi connectivity index (χ0n) is 11.9. The standard InChI is InChI=1S/C18H19NO2/c20-17-11-12-18(21,13-15-7-3-1-4-8-15)19(17)14-16-9-5-2-6-10-16/h1-10,21H,11-14H2. The number of carbonyl (C=O) groups is 1. The van der Waals surface area contributed by atoms with Gasteiger partial charge in [0, 0.05) is 25.8 Å². The van der Waals surface area contributed by atoms with Crippen molar-refractivity contribution in [1.29, 1.82) is 0 Å². The van der Waals surface area contributed by atoms with E-state index in [4.69, 9.17) is 0 Å². The summed E-state index contributed by atoms with van der Waals surface area (Å²) in [5.74, 6) is 0.0253. The Morgan fingerprint density at radius 2 is 1.52 bits per heavy atom. The van der Waals surface area contributed by atoms with Gasteiger partial charge in [-0.25, -0.2) is 0 Å². The Morgan fingerprint density at radius 1 is 0.952 bits per heavy atom. The monoisotopic (exact) mass is 281 g/mol. The predicted molar refractivity (Wildman–Crippen MR) is 81.3 cm³/mol. The van der Waals surface area contributed by atoms with Crippen molar-refractivity contribution >= 4 is 5.91 Å². The number of amides is 1. The van der Waals surface area contributed by atoms with Gasteiger partial charge < -0.3 is 10.0 Å². The van der Waals surface area contributed by atoms with Crippen LogP contribution in [0.5, 0.6) is 0 Å². The lowest BCUT2D eigenvalue weighted by Crippen LogP contribution is -2.46. The predicted octanol–water partition coefficient (Wildman–Crippen LogP) is 2.74. The van der Waals surface area contributed by atoms with E-state index in [1.165, 1.54) is 0 Å². The molecule has 0 bridgehead atoms. The fourth-order valence-corrected chi connectivity index (χ4v) is 2.92. The molecule has 108 valence electrons. The largest absolute Gasteiger partial charge is 0.370 e. The molecule has 0 aromatic heterocycles. The Morgan fingerprint density at radius 3 is 2.14 bits per heavy atom. The third-order valence-corrected chi connectivity index (χ3v) is 4.06. The van der Waals surface area contributed by atoms with Crippen molar-refractivity contribution in [2.45, 2.75) is 31.5 Å². The summed E-state index contributed by atoms with van der Waals surface area (Å²) >= 11 is 0. The molecule has 1 aliphatic rings. The first-order valence-electron chi connectivity index (χ1n) is 7.28. The summed E-state index contributed by atoms with van der Waals surface area (Å²) in [4.78, 5) is 13.8. The molecule has 1 fully saturated rings. The van der Waals surface area contributed by atoms with Crippen LogP contribution in [-0.2, 0) is 17.8 Å². The maximum absolute atomic E-state index is 12.2. The maximum atomic E-state index is 12.2. The van der Waals surface area contributed by atoms with Crippen LogP contribution in [0.3, 0.4) is 0 Å². The lowest BCUT2D eigenvalue weighted by atomic mass is 9.99. The van der Waals surface area contributed by atoms with Crippen molar-refractivity contribution in [1.82, 2.24) is 4.90 Å². The van der Waals surface area contributed by atoms with Crippen LogP contribution in [-0.4, -0.2) is 21.6 Å². The molecule has 1 N–H and O–H groups in total. The molecule has 21 heavy (non-hydrogen) atoms. The number of aliphatic hydroxyl groups is 1. The first-order valence-corrected chi connectivity index (χ1v) is 7.28. The highest BCUT2D eigenvalue weighted by Crippen LogP contribution is 2.32. The molecule has 0 saturated carbocycles. The van der Waals surface area contributed by atoms with Crippen LogP contribution in [0.4, 0.5) is 0 Å². The van der Waals surface area contributed by atoms with Gasteiger partial charge in [0.25, 0.3) is 0 Å². The molecule has 3 rings (SSSR count). The van der Waals surface area contributed by atoms with Gasteiger partial charge in [0.15, 0.2) is 0 Å². The summed E-state index contributed by atoms with van der Waals surface area (Å²) in [5, 5.41) is 10.9. The van der Waals surface area contributed by atoms with E-state index >= 15 is 0 Å². The SMILES string of the molecule is O=C1CCC(O)(Cc2ccccc2)N1Cc1ccccc1. The molecule has 1 atom stereocenters. The van der Waals surface area contributed by atoms with Crippen LogP contribution in [0, 0.1) is 0 Å². The van der Waals surface area contributed by atoms with Gasteiger partial charge in [-0.2, -0.15) is 0 Å². The topological polar surface area (TPSA) is 40.5 Å². The Labute approximate surface area is 124 Å². The maximum Gasteiger partial charge on any atom is 0.225 e. The summed E-state index contributed by atoms with van der Waals surface area (Å²) < 4.78 is 0. The van der Waals surface area contributed by atoms with E-state index in [0.29, 0.717) is 25.8 Å². The number of hydrogen-bond acceptors (Lipinski definition) is 2. The molecular weight excluding hydrogens is 262 g/mol. The van der Waals surface area contributed by atoms with Gasteiger partial charge in [-0.15, -0.1) is 0 Å². The van der Waals surface area contributed by atoms with Crippen molar-refractivity contribution in [3.05, 3.63) is 71.8 Å². The van der Waals surface area contributed by atoms with Crippen molar-refractivity contribution in [2.75, 3.05) is 0 Å². The molecule has 2 aromatic rings. The summed E-state index contributed by atoms with van der Waals surface area (Å²) in [6.07, 6.45) is 1.39. The Bertz CT molecular complexity index is 612. The number of carbonyl (C=O) groups excluding carboxylic acids is 1. The van der Waals surface area contributed by atoms with Crippen molar-refractivity contribution < 1.29 is 9.90 Å². The zero-order valence-corrected chi connectivity index (χ0v) is 11.9. The van der Waals surface area contributed by atoms with Crippen LogP contribution < -0.4 is 0 Å². The van der Waals surface area contributed by atoms with E-state index in [-0.39, 0.29) is 5.91 Å². The lowest BCUT2D eigenvalue weighted by molar-refractivity contribution is -0.146. The minimum Gasteiger partial charge on any atom is -0.370 e. The van der Waals surface area contributed by atoms with Crippen LogP contribution in [0.25, 0.3) is 0 Å². The van der Waals surface area contributed by atoms with E-state index in [0.717, 1.165) is 11.1 Å². The zero-order chi connectivity index (χ0) is 14.7. The second kappa shape index (κ2) is 5.70. The lowest BCUT2D eigenvalue weighted by Gasteiger charge is -2.34. The number of likely N-dealkylation sites (tertiary alicyclic amines) is 1. The van der Waals surface area contributed by atoms with Crippen LogP contribution in [0.1, 0.15) is 24.0 Å². The van der Waals surface area contributed by atoms with E-state index in [9.17, 15) is 9.90 Å². The second-order valence-electron chi connectivity index (χ2n) is 5.61. The first kappa shape index (κ1) is 13.8. The smallest absolute Gasteiger partial charge is 0.225 e. The average Bonchev–Trinajstić information content (AvgIpc) is 2.78.